The van der Waals surface area contributed by atoms with Crippen molar-refractivity contribution in [1.29, 1.82) is 0 Å². The standard InChI is InChI=1S/C11H13ClFNO2S/c1-3-9(11(15)16-2)17-10-5-8(14)7(13)4-6(10)12/h4-5,9H,3,14H2,1-2H3. The number of methoxy groups -OCH3 is 1. The minimum Gasteiger partial charge on any atom is -0.468 e. The molecule has 3 nitrogen and oxygen atoms in total. The lowest BCUT2D eigenvalue weighted by Crippen LogP contribution is -2.17. The van der Waals surface area contributed by atoms with E-state index in [-0.39, 0.29) is 21.9 Å². The van der Waals surface area contributed by atoms with Crippen LogP contribution in [0.15, 0.2) is 17.0 Å². The molecule has 0 saturated carbocycles. The number of rotatable bonds is 4. The Kier molecular flexibility index (Phi) is 5.08. The van der Waals surface area contributed by atoms with Crippen molar-refractivity contribution >= 4 is 35.0 Å². The average Bonchev–Trinajstić information content (AvgIpc) is 2.31. The first-order valence-electron chi connectivity index (χ1n) is 4.98. The van der Waals surface area contributed by atoms with Gasteiger partial charge in [-0.1, -0.05) is 18.5 Å². The van der Waals surface area contributed by atoms with Gasteiger partial charge in [0.05, 0.1) is 17.8 Å². The number of nitrogens with two attached hydrogens (primary N) is 1. The Balaban J connectivity index is 2.94. The molecule has 17 heavy (non-hydrogen) atoms. The first kappa shape index (κ1) is 14.1. The minimum absolute atomic E-state index is 0.0108. The molecule has 0 bridgehead atoms. The molecule has 2 N–H and O–H groups in total. The van der Waals surface area contributed by atoms with E-state index in [2.05, 4.69) is 4.74 Å². The monoisotopic (exact) mass is 277 g/mol. The maximum Gasteiger partial charge on any atom is 0.319 e. The summed E-state index contributed by atoms with van der Waals surface area (Å²) in [5, 5.41) is -0.133. The number of benzene rings is 1. The Morgan fingerprint density at radius 3 is 2.82 bits per heavy atom. The molecule has 0 fully saturated rings. The van der Waals surface area contributed by atoms with Crippen molar-refractivity contribution in [2.75, 3.05) is 12.8 Å². The number of hydrogen-bond donors (Lipinski definition) is 1. The van der Waals surface area contributed by atoms with Gasteiger partial charge < -0.3 is 10.5 Å². The third-order valence-electron chi connectivity index (χ3n) is 2.16. The predicted molar refractivity (Wildman–Crippen MR) is 67.8 cm³/mol. The number of nitrogen functional groups attached to an aromatic ring is 1. The van der Waals surface area contributed by atoms with Crippen molar-refractivity contribution in [3.8, 4) is 0 Å². The van der Waals surface area contributed by atoms with Gasteiger partial charge in [-0.25, -0.2) is 4.39 Å². The second-order valence-electron chi connectivity index (χ2n) is 3.34. The van der Waals surface area contributed by atoms with Gasteiger partial charge in [0.2, 0.25) is 0 Å². The lowest BCUT2D eigenvalue weighted by molar-refractivity contribution is -0.140. The van der Waals surface area contributed by atoms with Crippen molar-refractivity contribution in [3.05, 3.63) is 23.0 Å². The van der Waals surface area contributed by atoms with E-state index in [1.165, 1.54) is 24.9 Å². The van der Waals surface area contributed by atoms with Gasteiger partial charge in [-0.2, -0.15) is 0 Å². The van der Waals surface area contributed by atoms with Gasteiger partial charge in [0, 0.05) is 4.90 Å². The van der Waals surface area contributed by atoms with Crippen molar-refractivity contribution in [3.63, 3.8) is 0 Å². The highest BCUT2D eigenvalue weighted by Crippen LogP contribution is 2.34. The number of thioether (sulfide) groups is 1. The third kappa shape index (κ3) is 3.51. The molecule has 1 aromatic carbocycles. The molecule has 0 aliphatic rings. The number of hydrogen-bond acceptors (Lipinski definition) is 4. The highest BCUT2D eigenvalue weighted by atomic mass is 35.5. The van der Waals surface area contributed by atoms with Crippen LogP contribution in [0.3, 0.4) is 0 Å². The maximum absolute atomic E-state index is 13.1. The van der Waals surface area contributed by atoms with Gasteiger partial charge in [-0.05, 0) is 18.6 Å². The van der Waals surface area contributed by atoms with E-state index in [0.29, 0.717) is 11.3 Å². The topological polar surface area (TPSA) is 52.3 Å². The zero-order chi connectivity index (χ0) is 13.0. The molecule has 94 valence electrons. The van der Waals surface area contributed by atoms with Crippen LogP contribution in [0.2, 0.25) is 5.02 Å². The van der Waals surface area contributed by atoms with Crippen molar-refractivity contribution in [1.82, 2.24) is 0 Å². The lowest BCUT2D eigenvalue weighted by Gasteiger charge is -2.13. The number of carbonyl (C=O) groups is 1. The minimum atomic E-state index is -0.564. The summed E-state index contributed by atoms with van der Waals surface area (Å²) in [5.41, 5.74) is 5.46. The van der Waals surface area contributed by atoms with E-state index in [1.54, 1.807) is 0 Å². The molecule has 0 amide bonds. The fourth-order valence-electron chi connectivity index (χ4n) is 1.22. The molecule has 0 aliphatic carbocycles. The first-order valence-corrected chi connectivity index (χ1v) is 6.24. The van der Waals surface area contributed by atoms with Gasteiger partial charge in [0.15, 0.2) is 0 Å². The number of ether oxygens (including phenoxy) is 1. The Labute approximate surface area is 108 Å². The molecule has 0 saturated heterocycles. The smallest absolute Gasteiger partial charge is 0.319 e. The summed E-state index contributed by atoms with van der Waals surface area (Å²) in [6.45, 7) is 1.86. The van der Waals surface area contributed by atoms with Gasteiger partial charge in [0.1, 0.15) is 11.1 Å². The molecular weight excluding hydrogens is 265 g/mol. The average molecular weight is 278 g/mol. The molecule has 1 rings (SSSR count). The molecule has 1 aromatic rings. The Morgan fingerprint density at radius 2 is 2.29 bits per heavy atom. The van der Waals surface area contributed by atoms with Gasteiger partial charge in [0.25, 0.3) is 0 Å². The largest absolute Gasteiger partial charge is 0.468 e. The SMILES string of the molecule is CCC(Sc1cc(N)c(F)cc1Cl)C(=O)OC. The fraction of sp³-hybridized carbons (Fsp3) is 0.364. The van der Waals surface area contributed by atoms with Crippen LogP contribution in [0.1, 0.15) is 13.3 Å². The molecular formula is C11H13ClFNO2S. The zero-order valence-corrected chi connectivity index (χ0v) is 11.1. The van der Waals surface area contributed by atoms with Crippen molar-refractivity contribution < 1.29 is 13.9 Å². The second-order valence-corrected chi connectivity index (χ2v) is 4.99. The number of esters is 1. The number of anilines is 1. The molecule has 0 radical (unpaired) electrons. The number of carbonyl (C=O) groups excluding carboxylic acids is 1. The zero-order valence-electron chi connectivity index (χ0n) is 9.50. The highest BCUT2D eigenvalue weighted by Gasteiger charge is 2.20. The molecule has 1 unspecified atom stereocenters. The summed E-state index contributed by atoms with van der Waals surface area (Å²) in [4.78, 5) is 12.0. The molecule has 0 aliphatic heterocycles. The van der Waals surface area contributed by atoms with Crippen molar-refractivity contribution in [2.24, 2.45) is 0 Å². The summed E-state index contributed by atoms with van der Waals surface area (Å²) in [5.74, 6) is -0.901. The van der Waals surface area contributed by atoms with Crippen LogP contribution in [-0.2, 0) is 9.53 Å². The van der Waals surface area contributed by atoms with E-state index >= 15 is 0 Å². The summed E-state index contributed by atoms with van der Waals surface area (Å²) in [7, 11) is 1.33. The van der Waals surface area contributed by atoms with Gasteiger partial charge in [-0.3, -0.25) is 4.79 Å². The van der Waals surface area contributed by atoms with Gasteiger partial charge in [-0.15, -0.1) is 11.8 Å². The van der Waals surface area contributed by atoms with E-state index < -0.39 is 5.82 Å². The van der Waals surface area contributed by atoms with Crippen LogP contribution < -0.4 is 5.73 Å². The van der Waals surface area contributed by atoms with E-state index in [9.17, 15) is 9.18 Å². The quantitative estimate of drug-likeness (QED) is 0.522. The molecule has 6 heteroatoms. The normalized spacial score (nSPS) is 12.2. The summed E-state index contributed by atoms with van der Waals surface area (Å²) < 4.78 is 17.8. The summed E-state index contributed by atoms with van der Waals surface area (Å²) in [6.07, 6.45) is 0.588. The summed E-state index contributed by atoms with van der Waals surface area (Å²) >= 11 is 7.10. The van der Waals surface area contributed by atoms with Crippen LogP contribution in [0.4, 0.5) is 10.1 Å². The fourth-order valence-corrected chi connectivity index (χ4v) is 2.53. The van der Waals surface area contributed by atoms with E-state index in [0.717, 1.165) is 6.07 Å². The predicted octanol–water partition coefficient (Wildman–Crippen LogP) is 3.11. The van der Waals surface area contributed by atoms with Gasteiger partial charge >= 0.3 is 5.97 Å². The van der Waals surface area contributed by atoms with E-state index in [1.807, 2.05) is 6.92 Å². The number of halogens is 2. The highest BCUT2D eigenvalue weighted by molar-refractivity contribution is 8.00. The molecule has 1 atom stereocenters. The Morgan fingerprint density at radius 1 is 1.65 bits per heavy atom. The molecule has 0 aromatic heterocycles. The Bertz CT molecular complexity index is 428. The molecule has 0 heterocycles. The second kappa shape index (κ2) is 6.12. The summed E-state index contributed by atoms with van der Waals surface area (Å²) in [6, 6.07) is 2.57. The maximum atomic E-state index is 13.1. The van der Waals surface area contributed by atoms with Crippen LogP contribution in [0.25, 0.3) is 0 Å². The van der Waals surface area contributed by atoms with Crippen LogP contribution in [0, 0.1) is 5.82 Å². The first-order chi connectivity index (χ1) is 7.99. The lowest BCUT2D eigenvalue weighted by atomic mass is 10.3. The third-order valence-corrected chi connectivity index (χ3v) is 3.98. The van der Waals surface area contributed by atoms with Crippen LogP contribution >= 0.6 is 23.4 Å². The molecule has 0 spiro atoms. The Hall–Kier alpha value is -0.940. The van der Waals surface area contributed by atoms with E-state index in [4.69, 9.17) is 17.3 Å². The van der Waals surface area contributed by atoms with Crippen LogP contribution in [-0.4, -0.2) is 18.3 Å². The van der Waals surface area contributed by atoms with Crippen molar-refractivity contribution in [2.45, 2.75) is 23.5 Å². The van der Waals surface area contributed by atoms with Crippen LogP contribution in [0.5, 0.6) is 0 Å².